The van der Waals surface area contributed by atoms with Gasteiger partial charge in [0.05, 0.1) is 26.4 Å². The van der Waals surface area contributed by atoms with Crippen molar-refractivity contribution in [2.45, 2.75) is 400 Å². The van der Waals surface area contributed by atoms with E-state index in [1.165, 1.54) is 186 Å². The summed E-state index contributed by atoms with van der Waals surface area (Å²) in [5.41, 5.74) is 0. The third kappa shape index (κ3) is 67.0. The first kappa shape index (κ1) is 91.1. The number of carbonyl (C=O) groups is 4. The molecule has 0 bridgehead atoms. The number of hydrogen-bond donors (Lipinski definition) is 3. The van der Waals surface area contributed by atoms with E-state index in [2.05, 4.69) is 41.5 Å². The van der Waals surface area contributed by atoms with E-state index in [1.807, 2.05) is 0 Å². The highest BCUT2D eigenvalue weighted by molar-refractivity contribution is 7.47. The molecule has 3 unspecified atom stereocenters. The Morgan fingerprint density at radius 1 is 0.312 bits per heavy atom. The average Bonchev–Trinajstić information content (AvgIpc) is 3.44. The molecule has 0 fully saturated rings. The average molecular weight is 1370 g/mol. The molecule has 17 nitrogen and oxygen atoms in total. The van der Waals surface area contributed by atoms with Gasteiger partial charge in [-0.1, -0.05) is 330 Å². The van der Waals surface area contributed by atoms with Gasteiger partial charge in [0.25, 0.3) is 0 Å². The van der Waals surface area contributed by atoms with Gasteiger partial charge in [-0.05, 0) is 37.5 Å². The van der Waals surface area contributed by atoms with Gasteiger partial charge >= 0.3 is 39.5 Å². The van der Waals surface area contributed by atoms with Gasteiger partial charge in [-0.25, -0.2) is 9.13 Å². The van der Waals surface area contributed by atoms with Crippen LogP contribution in [0.15, 0.2) is 0 Å². The molecular weight excluding hydrogens is 1220 g/mol. The lowest BCUT2D eigenvalue weighted by atomic mass is 9.99. The number of unbranched alkanes of at least 4 members (excludes halogenated alkanes) is 42. The van der Waals surface area contributed by atoms with Gasteiger partial charge < -0.3 is 33.8 Å². The minimum absolute atomic E-state index is 0.106. The van der Waals surface area contributed by atoms with Crippen molar-refractivity contribution in [1.29, 1.82) is 0 Å². The third-order valence-corrected chi connectivity index (χ3v) is 19.5. The lowest BCUT2D eigenvalue weighted by Crippen LogP contribution is -2.30. The number of ether oxygens (including phenoxy) is 4. The van der Waals surface area contributed by atoms with Crippen LogP contribution >= 0.6 is 15.6 Å². The topological polar surface area (TPSA) is 237 Å². The van der Waals surface area contributed by atoms with Crippen LogP contribution in [0.1, 0.15) is 382 Å². The van der Waals surface area contributed by atoms with Crippen LogP contribution in [0.4, 0.5) is 0 Å². The minimum Gasteiger partial charge on any atom is -0.462 e. The summed E-state index contributed by atoms with van der Waals surface area (Å²) in [5.74, 6) is -0.548. The number of phosphoric acid groups is 2. The summed E-state index contributed by atoms with van der Waals surface area (Å²) < 4.78 is 68.4. The van der Waals surface area contributed by atoms with E-state index in [1.54, 1.807) is 0 Å². The summed E-state index contributed by atoms with van der Waals surface area (Å²) in [5, 5.41) is 10.6. The summed E-state index contributed by atoms with van der Waals surface area (Å²) in [7, 11) is -9.90. The second kappa shape index (κ2) is 66.0. The fourth-order valence-electron chi connectivity index (χ4n) is 11.3. The van der Waals surface area contributed by atoms with Crippen molar-refractivity contribution in [1.82, 2.24) is 0 Å². The molecule has 3 N–H and O–H groups in total. The molecule has 0 rings (SSSR count). The molecule has 0 aromatic heterocycles. The summed E-state index contributed by atoms with van der Waals surface area (Å²) in [6, 6.07) is 0. The lowest BCUT2D eigenvalue weighted by molar-refractivity contribution is -0.161. The number of aliphatic hydroxyl groups is 1. The van der Waals surface area contributed by atoms with Crippen LogP contribution in [-0.2, 0) is 65.4 Å². The van der Waals surface area contributed by atoms with Crippen LogP contribution in [0.25, 0.3) is 0 Å². The molecule has 0 spiro atoms. The summed E-state index contributed by atoms with van der Waals surface area (Å²) in [6.07, 6.45) is 52.8. The summed E-state index contributed by atoms with van der Waals surface area (Å²) in [4.78, 5) is 72.6. The predicted molar refractivity (Wildman–Crippen MR) is 377 cm³/mol. The molecule has 0 aliphatic heterocycles. The van der Waals surface area contributed by atoms with Gasteiger partial charge in [-0.2, -0.15) is 0 Å². The Morgan fingerprint density at radius 2 is 0.548 bits per heavy atom. The minimum atomic E-state index is -4.95. The van der Waals surface area contributed by atoms with Crippen molar-refractivity contribution in [3.63, 3.8) is 0 Å². The Morgan fingerprint density at radius 3 is 0.817 bits per heavy atom. The monoisotopic (exact) mass is 1370 g/mol. The van der Waals surface area contributed by atoms with Crippen LogP contribution < -0.4 is 0 Å². The number of rotatable bonds is 73. The Kier molecular flexibility index (Phi) is 64.6. The second-order valence-electron chi connectivity index (χ2n) is 27.4. The number of hydrogen-bond acceptors (Lipinski definition) is 15. The van der Waals surface area contributed by atoms with Crippen molar-refractivity contribution in [3.05, 3.63) is 0 Å². The maximum Gasteiger partial charge on any atom is 0.472 e. The molecule has 6 atom stereocenters. The molecular formula is C74H144O17P2. The molecule has 0 saturated heterocycles. The maximum atomic E-state index is 13.1. The first-order valence-electron chi connectivity index (χ1n) is 38.5. The first-order chi connectivity index (χ1) is 44.9. The van der Waals surface area contributed by atoms with Gasteiger partial charge in [0.1, 0.15) is 19.3 Å². The molecule has 0 aromatic carbocycles. The normalized spacial score (nSPS) is 14.3. The van der Waals surface area contributed by atoms with Crippen LogP contribution in [0.5, 0.6) is 0 Å². The molecule has 0 saturated carbocycles. The fraction of sp³-hybridized carbons (Fsp3) is 0.946. The van der Waals surface area contributed by atoms with E-state index in [0.717, 1.165) is 115 Å². The van der Waals surface area contributed by atoms with Crippen molar-refractivity contribution in [2.75, 3.05) is 39.6 Å². The van der Waals surface area contributed by atoms with Gasteiger partial charge in [-0.3, -0.25) is 37.3 Å². The van der Waals surface area contributed by atoms with Crippen LogP contribution in [0.3, 0.4) is 0 Å². The smallest absolute Gasteiger partial charge is 0.462 e. The molecule has 0 aromatic rings. The van der Waals surface area contributed by atoms with E-state index >= 15 is 0 Å². The molecule has 0 amide bonds. The molecule has 0 aliphatic carbocycles. The molecule has 0 aliphatic rings. The SMILES string of the molecule is CCCCCCCCCCCCCCCCCCCCC(=O)O[C@H](COC(=O)CCCCCCCCCCCCCC(C)C)COP(=O)(O)OC[C@@H](O)COP(=O)(O)OC[C@@H](COC(=O)CCCCCCCCC)OC(=O)CCCCCCCCCCCCC(C)CC. The highest BCUT2D eigenvalue weighted by atomic mass is 31.2. The highest BCUT2D eigenvalue weighted by Crippen LogP contribution is 2.45. The Bertz CT molecular complexity index is 1810. The van der Waals surface area contributed by atoms with E-state index in [9.17, 15) is 43.2 Å². The molecule has 0 radical (unpaired) electrons. The second-order valence-corrected chi connectivity index (χ2v) is 30.3. The predicted octanol–water partition coefficient (Wildman–Crippen LogP) is 21.6. The molecule has 552 valence electrons. The zero-order valence-corrected chi connectivity index (χ0v) is 62.3. The third-order valence-electron chi connectivity index (χ3n) is 17.6. The standard InChI is InChI=1S/C74H144O17P2/c1-7-10-12-14-16-17-18-19-20-21-22-23-24-27-34-40-46-52-58-73(78)91-70(63-85-72(77)57-51-45-39-33-28-25-26-31-37-42-48-54-66(4)5)65-89-93(82,83)87-61-68(75)60-86-92(80,81)88-64-69(62-84-71(76)56-50-44-36-15-13-11-8-2)90-74(79)59-53-47-41-35-30-29-32-38-43-49-55-67(6)9-3/h66-70,75H,7-65H2,1-6H3,(H,80,81)(H,82,83)/t67?,68-,69+,70+/m0/s1. The van der Waals surface area contributed by atoms with Crippen molar-refractivity contribution >= 4 is 39.5 Å². The quantitative estimate of drug-likeness (QED) is 0.0222. The van der Waals surface area contributed by atoms with Crippen molar-refractivity contribution < 1.29 is 80.2 Å². The Hall–Kier alpha value is -1.94. The van der Waals surface area contributed by atoms with Gasteiger partial charge in [0, 0.05) is 25.7 Å². The zero-order chi connectivity index (χ0) is 68.6. The molecule has 19 heteroatoms. The van der Waals surface area contributed by atoms with Crippen molar-refractivity contribution in [2.24, 2.45) is 11.8 Å². The molecule has 0 heterocycles. The van der Waals surface area contributed by atoms with E-state index in [-0.39, 0.29) is 25.7 Å². The Labute approximate surface area is 568 Å². The summed E-state index contributed by atoms with van der Waals surface area (Å²) in [6.45, 7) is 9.57. The number of aliphatic hydroxyl groups excluding tert-OH is 1. The van der Waals surface area contributed by atoms with Gasteiger partial charge in [0.15, 0.2) is 12.2 Å². The lowest BCUT2D eigenvalue weighted by Gasteiger charge is -2.21. The van der Waals surface area contributed by atoms with Crippen molar-refractivity contribution in [3.8, 4) is 0 Å². The highest BCUT2D eigenvalue weighted by Gasteiger charge is 2.30. The Balaban J connectivity index is 5.20. The van der Waals surface area contributed by atoms with Crippen LogP contribution in [0.2, 0.25) is 0 Å². The van der Waals surface area contributed by atoms with E-state index < -0.39 is 97.5 Å². The largest absolute Gasteiger partial charge is 0.472 e. The fourth-order valence-corrected chi connectivity index (χ4v) is 12.8. The number of carbonyl (C=O) groups excluding carboxylic acids is 4. The number of phosphoric ester groups is 2. The van der Waals surface area contributed by atoms with E-state index in [4.69, 9.17) is 37.0 Å². The maximum absolute atomic E-state index is 13.1. The number of esters is 4. The van der Waals surface area contributed by atoms with Gasteiger partial charge in [0.2, 0.25) is 0 Å². The first-order valence-corrected chi connectivity index (χ1v) is 41.5. The zero-order valence-electron chi connectivity index (χ0n) is 60.6. The van der Waals surface area contributed by atoms with Gasteiger partial charge in [-0.15, -0.1) is 0 Å². The van der Waals surface area contributed by atoms with Crippen LogP contribution in [0, 0.1) is 11.8 Å². The summed E-state index contributed by atoms with van der Waals surface area (Å²) >= 11 is 0. The van der Waals surface area contributed by atoms with E-state index in [0.29, 0.717) is 25.7 Å². The molecule has 93 heavy (non-hydrogen) atoms. The van der Waals surface area contributed by atoms with Crippen LogP contribution in [-0.4, -0.2) is 96.7 Å².